The maximum Gasteiger partial charge on any atom is 0.251 e. The molecule has 1 aliphatic rings. The van der Waals surface area contributed by atoms with Gasteiger partial charge >= 0.3 is 0 Å². The van der Waals surface area contributed by atoms with Crippen LogP contribution in [0.5, 0.6) is 0 Å². The summed E-state index contributed by atoms with van der Waals surface area (Å²) in [4.78, 5) is 26.9. The maximum atomic E-state index is 12.5. The van der Waals surface area contributed by atoms with Crippen LogP contribution >= 0.6 is 0 Å². The summed E-state index contributed by atoms with van der Waals surface area (Å²) in [5, 5.41) is 3.12. The summed E-state index contributed by atoms with van der Waals surface area (Å²) in [7, 11) is 0. The van der Waals surface area contributed by atoms with Crippen LogP contribution in [0.4, 0.5) is 0 Å². The average Bonchev–Trinajstić information content (AvgIpc) is 2.73. The Morgan fingerprint density at radius 2 is 1.64 bits per heavy atom. The number of nitrogens with one attached hydrogen (secondary N) is 1. The molecule has 1 heterocycles. The lowest BCUT2D eigenvalue weighted by molar-refractivity contribution is -0.132. The molecule has 4 heteroatoms. The van der Waals surface area contributed by atoms with Crippen molar-refractivity contribution >= 4 is 11.8 Å². The molecule has 1 saturated heterocycles. The smallest absolute Gasteiger partial charge is 0.251 e. The fraction of sp³-hybridized carbons (Fsp3) is 0.417. The van der Waals surface area contributed by atoms with Crippen LogP contribution in [0.25, 0.3) is 0 Å². The fourth-order valence-corrected chi connectivity index (χ4v) is 3.62. The zero-order valence-electron chi connectivity index (χ0n) is 16.9. The molecule has 0 aliphatic carbocycles. The van der Waals surface area contributed by atoms with Crippen molar-refractivity contribution < 1.29 is 9.59 Å². The quantitative estimate of drug-likeness (QED) is 0.820. The Hall–Kier alpha value is -2.62. The molecule has 2 aromatic rings. The second-order valence-corrected chi connectivity index (χ2v) is 7.89. The number of nitrogens with zero attached hydrogens (tertiary/aromatic N) is 1. The van der Waals surface area contributed by atoms with E-state index in [-0.39, 0.29) is 17.9 Å². The Kier molecular flexibility index (Phi) is 6.85. The Morgan fingerprint density at radius 1 is 1.00 bits per heavy atom. The maximum absolute atomic E-state index is 12.5. The Balaban J connectivity index is 1.43. The van der Waals surface area contributed by atoms with Crippen molar-refractivity contribution in [2.75, 3.05) is 13.1 Å². The zero-order chi connectivity index (χ0) is 19.9. The molecule has 0 bridgehead atoms. The summed E-state index contributed by atoms with van der Waals surface area (Å²) in [6, 6.07) is 18.1. The van der Waals surface area contributed by atoms with Crippen LogP contribution in [0, 0.1) is 0 Å². The lowest BCUT2D eigenvalue weighted by atomic mass is 10.0. The molecular weight excluding hydrogens is 348 g/mol. The molecule has 1 fully saturated rings. The van der Waals surface area contributed by atoms with Gasteiger partial charge in [0.15, 0.2) is 0 Å². The molecule has 4 nitrogen and oxygen atoms in total. The number of hydrogen-bond donors (Lipinski definition) is 1. The Labute approximate surface area is 167 Å². The van der Waals surface area contributed by atoms with Gasteiger partial charge in [0.1, 0.15) is 0 Å². The first-order valence-corrected chi connectivity index (χ1v) is 10.3. The number of hydrogen-bond acceptors (Lipinski definition) is 2. The van der Waals surface area contributed by atoms with E-state index in [1.54, 1.807) is 0 Å². The normalized spacial score (nSPS) is 14.9. The highest BCUT2D eigenvalue weighted by atomic mass is 16.2. The minimum absolute atomic E-state index is 0.0239. The van der Waals surface area contributed by atoms with Gasteiger partial charge in [-0.2, -0.15) is 0 Å². The monoisotopic (exact) mass is 378 g/mol. The number of aryl methyl sites for hydroxylation is 1. The van der Waals surface area contributed by atoms with Crippen molar-refractivity contribution in [3.05, 3.63) is 71.3 Å². The third-order valence-corrected chi connectivity index (χ3v) is 5.49. The molecule has 0 saturated carbocycles. The van der Waals surface area contributed by atoms with E-state index >= 15 is 0 Å². The van der Waals surface area contributed by atoms with Crippen LogP contribution < -0.4 is 5.32 Å². The van der Waals surface area contributed by atoms with E-state index in [1.807, 2.05) is 47.4 Å². The van der Waals surface area contributed by atoms with Gasteiger partial charge in [0.05, 0.1) is 0 Å². The van der Waals surface area contributed by atoms with Gasteiger partial charge in [-0.05, 0) is 48.4 Å². The first-order chi connectivity index (χ1) is 13.5. The highest BCUT2D eigenvalue weighted by Gasteiger charge is 2.24. The number of benzene rings is 2. The molecule has 28 heavy (non-hydrogen) atoms. The summed E-state index contributed by atoms with van der Waals surface area (Å²) in [6.45, 7) is 5.71. The van der Waals surface area contributed by atoms with Gasteiger partial charge in [-0.25, -0.2) is 0 Å². The Morgan fingerprint density at radius 3 is 2.25 bits per heavy atom. The summed E-state index contributed by atoms with van der Waals surface area (Å²) in [5.74, 6) is 0.642. The van der Waals surface area contributed by atoms with Crippen molar-refractivity contribution in [2.45, 2.75) is 51.5 Å². The first kappa shape index (κ1) is 20.1. The molecule has 0 aromatic heterocycles. The highest BCUT2D eigenvalue weighted by Crippen LogP contribution is 2.16. The minimum atomic E-state index is -0.0239. The van der Waals surface area contributed by atoms with E-state index in [1.165, 1.54) is 11.1 Å². The lowest BCUT2D eigenvalue weighted by Crippen LogP contribution is -2.46. The van der Waals surface area contributed by atoms with Gasteiger partial charge in [0, 0.05) is 31.1 Å². The molecule has 148 valence electrons. The van der Waals surface area contributed by atoms with Gasteiger partial charge in [-0.3, -0.25) is 9.59 Å². The van der Waals surface area contributed by atoms with E-state index in [9.17, 15) is 9.59 Å². The van der Waals surface area contributed by atoms with Crippen LogP contribution in [-0.2, 0) is 11.2 Å². The predicted molar refractivity (Wildman–Crippen MR) is 112 cm³/mol. The summed E-state index contributed by atoms with van der Waals surface area (Å²) in [5.41, 5.74) is 3.13. The van der Waals surface area contributed by atoms with Gasteiger partial charge < -0.3 is 10.2 Å². The predicted octanol–water partition coefficient (Wildman–Crippen LogP) is 4.16. The zero-order valence-corrected chi connectivity index (χ0v) is 16.9. The van der Waals surface area contributed by atoms with Gasteiger partial charge in [-0.15, -0.1) is 0 Å². The van der Waals surface area contributed by atoms with Crippen LogP contribution in [0.1, 0.15) is 60.5 Å². The minimum Gasteiger partial charge on any atom is -0.349 e. The van der Waals surface area contributed by atoms with Crippen molar-refractivity contribution in [1.29, 1.82) is 0 Å². The van der Waals surface area contributed by atoms with E-state index < -0.39 is 0 Å². The molecule has 0 spiro atoms. The molecule has 0 unspecified atom stereocenters. The number of piperidine rings is 1. The first-order valence-electron chi connectivity index (χ1n) is 10.3. The second kappa shape index (κ2) is 9.54. The number of carbonyl (C=O) groups is 2. The number of amides is 2. The van der Waals surface area contributed by atoms with Crippen molar-refractivity contribution in [3.63, 3.8) is 0 Å². The Bertz CT molecular complexity index is 776. The van der Waals surface area contributed by atoms with E-state index in [2.05, 4.69) is 31.3 Å². The molecule has 2 amide bonds. The van der Waals surface area contributed by atoms with E-state index in [0.29, 0.717) is 31.0 Å². The van der Waals surface area contributed by atoms with Crippen LogP contribution in [-0.4, -0.2) is 35.8 Å². The number of rotatable bonds is 6. The van der Waals surface area contributed by atoms with Crippen LogP contribution in [0.3, 0.4) is 0 Å². The summed E-state index contributed by atoms with van der Waals surface area (Å²) >= 11 is 0. The highest BCUT2D eigenvalue weighted by molar-refractivity contribution is 5.94. The fourth-order valence-electron chi connectivity index (χ4n) is 3.62. The standard InChI is InChI=1S/C24H30N2O2/c1-18(2)20-9-11-21(12-10-20)24(28)25-22-14-16-26(17-15-22)23(27)13-8-19-6-4-3-5-7-19/h3-7,9-12,18,22H,8,13-17H2,1-2H3,(H,25,28). The van der Waals surface area contributed by atoms with Crippen molar-refractivity contribution in [2.24, 2.45) is 0 Å². The van der Waals surface area contributed by atoms with Crippen molar-refractivity contribution in [1.82, 2.24) is 10.2 Å². The van der Waals surface area contributed by atoms with E-state index in [4.69, 9.17) is 0 Å². The molecule has 0 radical (unpaired) electrons. The third kappa shape index (κ3) is 5.44. The van der Waals surface area contributed by atoms with Gasteiger partial charge in [0.25, 0.3) is 5.91 Å². The van der Waals surface area contributed by atoms with Crippen molar-refractivity contribution in [3.8, 4) is 0 Å². The summed E-state index contributed by atoms with van der Waals surface area (Å²) < 4.78 is 0. The molecule has 1 N–H and O–H groups in total. The largest absolute Gasteiger partial charge is 0.349 e. The average molecular weight is 379 g/mol. The van der Waals surface area contributed by atoms with Gasteiger partial charge in [0.2, 0.25) is 5.91 Å². The molecule has 3 rings (SSSR count). The molecule has 2 aromatic carbocycles. The van der Waals surface area contributed by atoms with Gasteiger partial charge in [-0.1, -0.05) is 56.3 Å². The van der Waals surface area contributed by atoms with Crippen LogP contribution in [0.15, 0.2) is 54.6 Å². The SMILES string of the molecule is CC(C)c1ccc(C(=O)NC2CCN(C(=O)CCc3ccccc3)CC2)cc1. The lowest BCUT2D eigenvalue weighted by Gasteiger charge is -2.32. The number of carbonyl (C=O) groups excluding carboxylic acids is 2. The molecule has 0 atom stereocenters. The third-order valence-electron chi connectivity index (χ3n) is 5.49. The number of likely N-dealkylation sites (tertiary alicyclic amines) is 1. The second-order valence-electron chi connectivity index (χ2n) is 7.89. The summed E-state index contributed by atoms with van der Waals surface area (Å²) in [6.07, 6.45) is 2.95. The molecule has 1 aliphatic heterocycles. The topological polar surface area (TPSA) is 49.4 Å². The molecular formula is C24H30N2O2. The van der Waals surface area contributed by atoms with E-state index in [0.717, 1.165) is 19.3 Å². The van der Waals surface area contributed by atoms with Crippen LogP contribution in [0.2, 0.25) is 0 Å².